The second-order valence-electron chi connectivity index (χ2n) is 6.05. The number of aromatic nitrogens is 2. The maximum absolute atomic E-state index is 12.6. The van der Waals surface area contributed by atoms with E-state index in [1.54, 1.807) is 49.6 Å². The van der Waals surface area contributed by atoms with E-state index in [1.807, 2.05) is 0 Å². The zero-order valence-corrected chi connectivity index (χ0v) is 16.2. The van der Waals surface area contributed by atoms with Crippen molar-refractivity contribution < 1.29 is 19.1 Å². The number of benzene rings is 2. The number of nitrogens with zero attached hydrogens (tertiary/aromatic N) is 2. The van der Waals surface area contributed by atoms with Gasteiger partial charge >= 0.3 is 0 Å². The van der Waals surface area contributed by atoms with E-state index in [-0.39, 0.29) is 17.4 Å². The van der Waals surface area contributed by atoms with E-state index >= 15 is 0 Å². The number of hydrogen-bond acceptors (Lipinski definition) is 7. The number of carbonyl (C=O) groups is 2. The zero-order chi connectivity index (χ0) is 20.8. The highest BCUT2D eigenvalue weighted by Crippen LogP contribution is 2.29. The van der Waals surface area contributed by atoms with Crippen LogP contribution in [-0.4, -0.2) is 35.9 Å². The first-order valence-corrected chi connectivity index (χ1v) is 8.74. The van der Waals surface area contributed by atoms with Gasteiger partial charge in [0.1, 0.15) is 17.2 Å². The third kappa shape index (κ3) is 4.86. The maximum Gasteiger partial charge on any atom is 0.274 e. The van der Waals surface area contributed by atoms with Gasteiger partial charge < -0.3 is 20.1 Å². The number of Topliss-reactive ketones (excluding diaryl/α,β-unsaturated/α-hetero) is 1. The Kier molecular flexibility index (Phi) is 6.03. The van der Waals surface area contributed by atoms with Crippen molar-refractivity contribution in [2.75, 3.05) is 24.9 Å². The molecule has 0 aliphatic rings. The molecule has 8 heteroatoms. The number of ketones is 1. The zero-order valence-electron chi connectivity index (χ0n) is 16.2. The van der Waals surface area contributed by atoms with E-state index < -0.39 is 5.91 Å². The van der Waals surface area contributed by atoms with Gasteiger partial charge in [-0.05, 0) is 37.3 Å². The minimum atomic E-state index is -0.420. The first kappa shape index (κ1) is 19.8. The van der Waals surface area contributed by atoms with Gasteiger partial charge in [-0.3, -0.25) is 9.59 Å². The molecule has 8 nitrogen and oxygen atoms in total. The minimum absolute atomic E-state index is 0.0452. The number of amides is 1. The number of methoxy groups -OCH3 is 2. The summed E-state index contributed by atoms with van der Waals surface area (Å²) >= 11 is 0. The van der Waals surface area contributed by atoms with Gasteiger partial charge in [-0.15, -0.1) is 0 Å². The van der Waals surface area contributed by atoms with Gasteiger partial charge in [0, 0.05) is 23.5 Å². The third-order valence-electron chi connectivity index (χ3n) is 4.07. The summed E-state index contributed by atoms with van der Waals surface area (Å²) in [6, 6.07) is 13.5. The average molecular weight is 392 g/mol. The van der Waals surface area contributed by atoms with Gasteiger partial charge in [-0.1, -0.05) is 12.1 Å². The largest absolute Gasteiger partial charge is 0.497 e. The molecule has 0 aliphatic carbocycles. The highest BCUT2D eigenvalue weighted by Gasteiger charge is 2.13. The van der Waals surface area contributed by atoms with Crippen LogP contribution in [0.3, 0.4) is 0 Å². The van der Waals surface area contributed by atoms with Crippen LogP contribution in [0.1, 0.15) is 27.8 Å². The highest BCUT2D eigenvalue weighted by atomic mass is 16.5. The molecule has 0 saturated heterocycles. The van der Waals surface area contributed by atoms with Gasteiger partial charge in [0.25, 0.3) is 5.91 Å². The molecule has 1 aromatic heterocycles. The summed E-state index contributed by atoms with van der Waals surface area (Å²) in [4.78, 5) is 32.5. The third-order valence-corrected chi connectivity index (χ3v) is 4.07. The number of nitrogens with one attached hydrogen (secondary N) is 2. The normalized spacial score (nSPS) is 10.2. The van der Waals surface area contributed by atoms with Crippen LogP contribution in [-0.2, 0) is 0 Å². The van der Waals surface area contributed by atoms with E-state index in [2.05, 4.69) is 20.6 Å². The summed E-state index contributed by atoms with van der Waals surface area (Å²) in [5.74, 6) is 0.847. The molecule has 0 bridgehead atoms. The summed E-state index contributed by atoms with van der Waals surface area (Å²) in [6.45, 7) is 1.49. The molecule has 0 unspecified atom stereocenters. The molecule has 0 fully saturated rings. The van der Waals surface area contributed by atoms with Crippen LogP contribution in [0, 0.1) is 0 Å². The molecule has 0 atom stereocenters. The Hall–Kier alpha value is -3.94. The van der Waals surface area contributed by atoms with Crippen LogP contribution in [0.25, 0.3) is 0 Å². The molecule has 3 rings (SSSR count). The quantitative estimate of drug-likeness (QED) is 0.591. The number of rotatable bonds is 7. The Labute approximate surface area is 167 Å². The molecule has 148 valence electrons. The van der Waals surface area contributed by atoms with E-state index in [4.69, 9.17) is 9.47 Å². The van der Waals surface area contributed by atoms with Crippen molar-refractivity contribution in [2.45, 2.75) is 6.92 Å². The van der Waals surface area contributed by atoms with Crippen LogP contribution in [0.4, 0.5) is 17.3 Å². The number of anilines is 3. The molecule has 0 saturated carbocycles. The molecule has 1 amide bonds. The Morgan fingerprint density at radius 2 is 1.83 bits per heavy atom. The van der Waals surface area contributed by atoms with Gasteiger partial charge in [0.2, 0.25) is 5.95 Å². The Morgan fingerprint density at radius 3 is 2.55 bits per heavy atom. The van der Waals surface area contributed by atoms with Crippen molar-refractivity contribution in [1.82, 2.24) is 9.97 Å². The number of ether oxygens (including phenoxy) is 2. The van der Waals surface area contributed by atoms with Crippen molar-refractivity contribution in [3.8, 4) is 11.5 Å². The van der Waals surface area contributed by atoms with E-state index in [1.165, 1.54) is 26.3 Å². The number of hydrogen-bond donors (Lipinski definition) is 2. The van der Waals surface area contributed by atoms with Crippen molar-refractivity contribution >= 4 is 29.0 Å². The van der Waals surface area contributed by atoms with E-state index in [0.717, 1.165) is 0 Å². The van der Waals surface area contributed by atoms with Crippen molar-refractivity contribution in [3.63, 3.8) is 0 Å². The molecule has 2 N–H and O–H groups in total. The molecule has 2 aromatic carbocycles. The molecular weight excluding hydrogens is 372 g/mol. The van der Waals surface area contributed by atoms with Crippen LogP contribution in [0.2, 0.25) is 0 Å². The molecule has 3 aromatic rings. The highest BCUT2D eigenvalue weighted by molar-refractivity contribution is 6.04. The van der Waals surface area contributed by atoms with Gasteiger partial charge in [-0.2, -0.15) is 0 Å². The molecule has 0 aliphatic heterocycles. The lowest BCUT2D eigenvalue weighted by Gasteiger charge is -2.12. The predicted octanol–water partition coefficient (Wildman–Crippen LogP) is 3.69. The van der Waals surface area contributed by atoms with Crippen LogP contribution in [0.15, 0.2) is 54.7 Å². The lowest BCUT2D eigenvalue weighted by atomic mass is 10.1. The second kappa shape index (κ2) is 8.83. The smallest absolute Gasteiger partial charge is 0.274 e. The van der Waals surface area contributed by atoms with Crippen LogP contribution < -0.4 is 20.1 Å². The Morgan fingerprint density at radius 1 is 1.00 bits per heavy atom. The van der Waals surface area contributed by atoms with E-state index in [9.17, 15) is 9.59 Å². The van der Waals surface area contributed by atoms with Gasteiger partial charge in [0.15, 0.2) is 5.78 Å². The van der Waals surface area contributed by atoms with Crippen LogP contribution >= 0.6 is 0 Å². The fraction of sp³-hybridized carbons (Fsp3) is 0.143. The standard InChI is InChI=1S/C21H20N4O4/c1-13(26)14-5-4-6-15(11-14)23-21-22-10-9-18(25-21)20(27)24-17-8-7-16(28-2)12-19(17)29-3/h4-12H,1-3H3,(H,24,27)(H,22,23,25). The molecular formula is C21H20N4O4. The molecule has 29 heavy (non-hydrogen) atoms. The van der Waals surface area contributed by atoms with Crippen molar-refractivity contribution in [3.05, 3.63) is 66.0 Å². The van der Waals surface area contributed by atoms with Gasteiger partial charge in [-0.25, -0.2) is 9.97 Å². The molecule has 0 radical (unpaired) electrons. The summed E-state index contributed by atoms with van der Waals surface area (Å²) in [5, 5.41) is 5.76. The second-order valence-corrected chi connectivity index (χ2v) is 6.05. The predicted molar refractivity (Wildman–Crippen MR) is 109 cm³/mol. The monoisotopic (exact) mass is 392 g/mol. The first-order valence-electron chi connectivity index (χ1n) is 8.74. The lowest BCUT2D eigenvalue weighted by Crippen LogP contribution is -2.15. The fourth-order valence-corrected chi connectivity index (χ4v) is 2.58. The maximum atomic E-state index is 12.6. The fourth-order valence-electron chi connectivity index (χ4n) is 2.58. The first-order chi connectivity index (χ1) is 14.0. The Balaban J connectivity index is 1.78. The van der Waals surface area contributed by atoms with Gasteiger partial charge in [0.05, 0.1) is 19.9 Å². The average Bonchev–Trinajstić information content (AvgIpc) is 2.74. The number of carbonyl (C=O) groups excluding carboxylic acids is 2. The summed E-state index contributed by atoms with van der Waals surface area (Å²) in [6.07, 6.45) is 1.48. The SMILES string of the molecule is COc1ccc(NC(=O)c2ccnc(Nc3cccc(C(C)=O)c3)n2)c(OC)c1. The summed E-state index contributed by atoms with van der Waals surface area (Å²) in [7, 11) is 3.06. The minimum Gasteiger partial charge on any atom is -0.497 e. The van der Waals surface area contributed by atoms with Crippen molar-refractivity contribution in [1.29, 1.82) is 0 Å². The van der Waals surface area contributed by atoms with E-state index in [0.29, 0.717) is 28.4 Å². The van der Waals surface area contributed by atoms with Crippen molar-refractivity contribution in [2.24, 2.45) is 0 Å². The molecule has 1 heterocycles. The van der Waals surface area contributed by atoms with Crippen LogP contribution in [0.5, 0.6) is 11.5 Å². The summed E-state index contributed by atoms with van der Waals surface area (Å²) < 4.78 is 10.4. The topological polar surface area (TPSA) is 102 Å². The lowest BCUT2D eigenvalue weighted by molar-refractivity contribution is 0.101. The molecule has 0 spiro atoms. The summed E-state index contributed by atoms with van der Waals surface area (Å²) in [5.41, 5.74) is 1.87. The Bertz CT molecular complexity index is 1050.